The van der Waals surface area contributed by atoms with Crippen molar-refractivity contribution in [2.75, 3.05) is 0 Å². The minimum absolute atomic E-state index is 1.14. The lowest BCUT2D eigenvalue weighted by molar-refractivity contribution is -0.704. The fourth-order valence-corrected chi connectivity index (χ4v) is 2.49. The molecule has 0 N–H and O–H groups in total. The first-order chi connectivity index (χ1) is 10.1. The highest BCUT2D eigenvalue weighted by molar-refractivity contribution is 6.50. The van der Waals surface area contributed by atoms with Crippen molar-refractivity contribution < 1.29 is 21.8 Å². The molecule has 1 aliphatic heterocycles. The van der Waals surface area contributed by atoms with Gasteiger partial charge in [-0.3, -0.25) is 0 Å². The van der Waals surface area contributed by atoms with Gasteiger partial charge in [-0.25, -0.2) is 0 Å². The van der Waals surface area contributed by atoms with Gasteiger partial charge >= 0.3 is 7.25 Å². The molecule has 1 heterocycles. The zero-order chi connectivity index (χ0) is 16.9. The molecule has 0 aromatic carbocycles. The molecular weight excluding hydrogens is 293 g/mol. The van der Waals surface area contributed by atoms with Crippen LogP contribution < -0.4 is 4.57 Å². The number of halogens is 4. The topological polar surface area (TPSA) is 3.88 Å². The molecule has 1 nitrogen and oxygen atoms in total. The summed E-state index contributed by atoms with van der Waals surface area (Å²) >= 11 is 0. The molecule has 0 unspecified atom stereocenters. The van der Waals surface area contributed by atoms with Crippen LogP contribution in [0.1, 0.15) is 36.7 Å². The van der Waals surface area contributed by atoms with E-state index in [2.05, 4.69) is 56.5 Å². The molecule has 0 atom stereocenters. The van der Waals surface area contributed by atoms with Gasteiger partial charge in [0.2, 0.25) is 0 Å². The SMILES string of the molecule is CCCC[n+]1c(C)c2ccc(C)ccc-2c1C.F[B-](F)(F)F. The van der Waals surface area contributed by atoms with Crippen molar-refractivity contribution in [1.29, 1.82) is 0 Å². The second-order valence-corrected chi connectivity index (χ2v) is 5.41. The lowest BCUT2D eigenvalue weighted by atomic mass is 10.1. The van der Waals surface area contributed by atoms with E-state index in [0.717, 1.165) is 6.54 Å². The van der Waals surface area contributed by atoms with E-state index in [1.54, 1.807) is 0 Å². The quantitative estimate of drug-likeness (QED) is 0.421. The smallest absolute Gasteiger partial charge is 0.418 e. The molecule has 22 heavy (non-hydrogen) atoms. The fourth-order valence-electron chi connectivity index (χ4n) is 2.49. The van der Waals surface area contributed by atoms with Gasteiger partial charge < -0.3 is 17.3 Å². The number of rotatable bonds is 3. The summed E-state index contributed by atoms with van der Waals surface area (Å²) in [6.07, 6.45) is 2.51. The number of hydrogen-bond donors (Lipinski definition) is 0. The third-order valence-corrected chi connectivity index (χ3v) is 3.64. The van der Waals surface area contributed by atoms with Crippen LogP contribution in [-0.4, -0.2) is 7.25 Å². The Balaban J connectivity index is 0.000000422. The molecule has 0 fully saturated rings. The van der Waals surface area contributed by atoms with Crippen LogP contribution in [0.4, 0.5) is 17.3 Å². The van der Waals surface area contributed by atoms with Gasteiger partial charge in [0.05, 0.1) is 11.1 Å². The number of fused-ring (bicyclic) bond motifs is 1. The molecule has 0 saturated heterocycles. The first-order valence-electron chi connectivity index (χ1n) is 7.41. The van der Waals surface area contributed by atoms with E-state index in [0.29, 0.717) is 0 Å². The third-order valence-electron chi connectivity index (χ3n) is 3.64. The Morgan fingerprint density at radius 3 is 1.64 bits per heavy atom. The summed E-state index contributed by atoms with van der Waals surface area (Å²) in [5.41, 5.74) is 6.92. The van der Waals surface area contributed by atoms with E-state index in [9.17, 15) is 17.3 Å². The third kappa shape index (κ3) is 5.32. The molecule has 0 aromatic heterocycles. The number of hydrogen-bond acceptors (Lipinski definition) is 0. The first kappa shape index (κ1) is 18.5. The summed E-state index contributed by atoms with van der Waals surface area (Å²) < 4.78 is 41.5. The number of unbranched alkanes of at least 4 members (excludes halogenated alkanes) is 1. The van der Waals surface area contributed by atoms with Crippen molar-refractivity contribution >= 4 is 7.25 Å². The minimum atomic E-state index is -6.00. The summed E-state index contributed by atoms with van der Waals surface area (Å²) in [5.74, 6) is 0. The first-order valence-corrected chi connectivity index (χ1v) is 7.41. The van der Waals surface area contributed by atoms with Crippen LogP contribution in [0.15, 0.2) is 24.3 Å². The summed E-state index contributed by atoms with van der Waals surface area (Å²) in [7, 11) is -6.00. The maximum Gasteiger partial charge on any atom is 0.673 e. The summed E-state index contributed by atoms with van der Waals surface area (Å²) in [6.45, 7) is 10.0. The molecule has 0 amide bonds. The highest BCUT2D eigenvalue weighted by atomic mass is 19.5. The van der Waals surface area contributed by atoms with Gasteiger partial charge in [0.1, 0.15) is 6.54 Å². The van der Waals surface area contributed by atoms with E-state index in [1.165, 1.54) is 40.9 Å². The van der Waals surface area contributed by atoms with Crippen LogP contribution in [-0.2, 0) is 6.54 Å². The van der Waals surface area contributed by atoms with Crippen molar-refractivity contribution in [3.63, 3.8) is 0 Å². The molecule has 2 rings (SSSR count). The second kappa shape index (κ2) is 7.61. The van der Waals surface area contributed by atoms with Crippen LogP contribution in [0.3, 0.4) is 0 Å². The Bertz CT molecular complexity index is 550. The number of nitrogens with zero attached hydrogens (tertiary/aromatic N) is 1. The summed E-state index contributed by atoms with van der Waals surface area (Å²) in [5, 5.41) is 0. The minimum Gasteiger partial charge on any atom is -0.418 e. The molecule has 6 heteroatoms. The maximum absolute atomic E-state index is 9.75. The Labute approximate surface area is 129 Å². The predicted octanol–water partition coefficient (Wildman–Crippen LogP) is 5.10. The van der Waals surface area contributed by atoms with Gasteiger partial charge in [-0.1, -0.05) is 31.0 Å². The molecule has 122 valence electrons. The Morgan fingerprint density at radius 2 is 1.27 bits per heavy atom. The molecule has 0 aromatic rings. The van der Waals surface area contributed by atoms with E-state index >= 15 is 0 Å². The van der Waals surface area contributed by atoms with Crippen LogP contribution in [0.2, 0.25) is 0 Å². The zero-order valence-corrected chi connectivity index (χ0v) is 13.5. The van der Waals surface area contributed by atoms with Gasteiger partial charge in [0.15, 0.2) is 11.4 Å². The Morgan fingerprint density at radius 1 is 0.864 bits per heavy atom. The molecule has 1 aliphatic carbocycles. The highest BCUT2D eigenvalue weighted by Gasteiger charge is 2.24. The van der Waals surface area contributed by atoms with Crippen molar-refractivity contribution in [2.45, 2.75) is 47.1 Å². The Hall–Kier alpha value is -1.59. The predicted molar refractivity (Wildman–Crippen MR) is 82.6 cm³/mol. The molecule has 2 aliphatic rings. The normalized spacial score (nSPS) is 11.3. The monoisotopic (exact) mass is 315 g/mol. The van der Waals surface area contributed by atoms with E-state index in [-0.39, 0.29) is 0 Å². The van der Waals surface area contributed by atoms with Crippen molar-refractivity contribution in [3.05, 3.63) is 41.2 Å². The lowest BCUT2D eigenvalue weighted by Gasteiger charge is -1.95. The maximum atomic E-state index is 9.75. The van der Waals surface area contributed by atoms with Gasteiger partial charge in [-0.15, -0.1) is 0 Å². The van der Waals surface area contributed by atoms with Crippen molar-refractivity contribution in [2.24, 2.45) is 0 Å². The van der Waals surface area contributed by atoms with Gasteiger partial charge in [0.25, 0.3) is 0 Å². The van der Waals surface area contributed by atoms with Gasteiger partial charge in [-0.05, 0) is 19.1 Å². The standard InChI is InChI=1S/C16H22N.BF4/c1-5-6-11-17-13(3)15-9-7-12(2)8-10-16(15)14(17)4;2-1(3,4)5/h7-10H,5-6,11H2,1-4H3;/q+1;-1. The van der Waals surface area contributed by atoms with E-state index < -0.39 is 7.25 Å². The number of aryl methyl sites for hydroxylation is 1. The van der Waals surface area contributed by atoms with E-state index in [1.807, 2.05) is 0 Å². The van der Waals surface area contributed by atoms with Crippen molar-refractivity contribution in [1.82, 2.24) is 0 Å². The zero-order valence-electron chi connectivity index (χ0n) is 13.5. The average Bonchev–Trinajstić information content (AvgIpc) is 2.53. The van der Waals surface area contributed by atoms with Crippen molar-refractivity contribution in [3.8, 4) is 11.1 Å². The molecule has 0 spiro atoms. The largest absolute Gasteiger partial charge is 0.673 e. The summed E-state index contributed by atoms with van der Waals surface area (Å²) in [6, 6.07) is 8.93. The van der Waals surface area contributed by atoms with Crippen LogP contribution in [0.5, 0.6) is 0 Å². The summed E-state index contributed by atoms with van der Waals surface area (Å²) in [4.78, 5) is 0. The molecule has 0 saturated carbocycles. The second-order valence-electron chi connectivity index (χ2n) is 5.41. The highest BCUT2D eigenvalue weighted by Crippen LogP contribution is 2.27. The average molecular weight is 315 g/mol. The molecule has 0 bridgehead atoms. The van der Waals surface area contributed by atoms with Crippen LogP contribution in [0.25, 0.3) is 11.1 Å². The van der Waals surface area contributed by atoms with E-state index in [4.69, 9.17) is 0 Å². The fraction of sp³-hybridized carbons (Fsp3) is 0.438. The molecule has 0 radical (unpaired) electrons. The van der Waals surface area contributed by atoms with Gasteiger partial charge in [0, 0.05) is 20.3 Å². The van der Waals surface area contributed by atoms with Crippen LogP contribution >= 0.6 is 0 Å². The van der Waals surface area contributed by atoms with Crippen LogP contribution in [0, 0.1) is 20.8 Å². The lowest BCUT2D eigenvalue weighted by Crippen LogP contribution is -2.37. The Kier molecular flexibility index (Phi) is 6.39. The van der Waals surface area contributed by atoms with Gasteiger partial charge in [-0.2, -0.15) is 4.57 Å². The molecular formula is C16H22BF4N. The number of aromatic nitrogens is 1.